The van der Waals surface area contributed by atoms with Crippen LogP contribution >= 0.6 is 0 Å². The van der Waals surface area contributed by atoms with Crippen LogP contribution in [0, 0.1) is 0 Å². The highest BCUT2D eigenvalue weighted by molar-refractivity contribution is 5.29. The van der Waals surface area contributed by atoms with Crippen molar-refractivity contribution in [2.24, 2.45) is 0 Å². The molecule has 1 heterocycles. The summed E-state index contributed by atoms with van der Waals surface area (Å²) in [5.74, 6) is 0.573. The Morgan fingerprint density at radius 1 is 1.67 bits per heavy atom. The van der Waals surface area contributed by atoms with E-state index in [9.17, 15) is 4.79 Å². The SMILES string of the molecule is CN(C)NNc1ccnc(=O)[nH]1.[HH]. The number of hydrogen-bond acceptors (Lipinski definition) is 5. The van der Waals surface area contributed by atoms with Crippen LogP contribution in [0.1, 0.15) is 1.43 Å². The van der Waals surface area contributed by atoms with Crippen LogP contribution in [0.4, 0.5) is 5.82 Å². The maximum absolute atomic E-state index is 10.7. The van der Waals surface area contributed by atoms with Gasteiger partial charge in [-0.1, -0.05) is 0 Å². The number of hydrogen-bond donors (Lipinski definition) is 3. The summed E-state index contributed by atoms with van der Waals surface area (Å²) < 4.78 is 0. The fraction of sp³-hybridized carbons (Fsp3) is 0.333. The summed E-state index contributed by atoms with van der Waals surface area (Å²) in [7, 11) is 3.65. The molecule has 0 aliphatic rings. The van der Waals surface area contributed by atoms with E-state index in [-0.39, 0.29) is 7.12 Å². The summed E-state index contributed by atoms with van der Waals surface area (Å²) in [5, 5.41) is 1.71. The summed E-state index contributed by atoms with van der Waals surface area (Å²) in [6.45, 7) is 0. The van der Waals surface area contributed by atoms with Crippen LogP contribution in [0.15, 0.2) is 17.1 Å². The zero-order chi connectivity index (χ0) is 8.97. The molecule has 3 N–H and O–H groups in total. The van der Waals surface area contributed by atoms with E-state index in [4.69, 9.17) is 0 Å². The summed E-state index contributed by atoms with van der Waals surface area (Å²) in [6, 6.07) is 1.65. The molecule has 0 unspecified atom stereocenters. The molecule has 0 amide bonds. The average molecular weight is 171 g/mol. The lowest BCUT2D eigenvalue weighted by atomic mass is 10.6. The quantitative estimate of drug-likeness (QED) is 0.530. The van der Waals surface area contributed by atoms with Gasteiger partial charge in [-0.2, -0.15) is 5.53 Å². The molecule has 0 bridgehead atoms. The van der Waals surface area contributed by atoms with Crippen LogP contribution < -0.4 is 16.7 Å². The fourth-order valence-corrected chi connectivity index (χ4v) is 0.614. The zero-order valence-corrected chi connectivity index (χ0v) is 6.96. The Kier molecular flexibility index (Phi) is 2.78. The van der Waals surface area contributed by atoms with E-state index in [0.717, 1.165) is 0 Å². The maximum Gasteiger partial charge on any atom is 0.346 e. The van der Waals surface area contributed by atoms with Crippen molar-refractivity contribution < 1.29 is 1.43 Å². The largest absolute Gasteiger partial charge is 0.346 e. The van der Waals surface area contributed by atoms with Crippen molar-refractivity contribution in [1.82, 2.24) is 20.5 Å². The lowest BCUT2D eigenvalue weighted by molar-refractivity contribution is 0.319. The first-order valence-electron chi connectivity index (χ1n) is 3.43. The van der Waals surface area contributed by atoms with Crippen LogP contribution in [0.25, 0.3) is 0 Å². The van der Waals surface area contributed by atoms with Crippen molar-refractivity contribution in [2.75, 3.05) is 19.5 Å². The molecule has 1 rings (SSSR count). The van der Waals surface area contributed by atoms with Crippen LogP contribution in [0.5, 0.6) is 0 Å². The van der Waals surface area contributed by atoms with Crippen molar-refractivity contribution in [3.63, 3.8) is 0 Å². The number of nitrogens with zero attached hydrogens (tertiary/aromatic N) is 2. The van der Waals surface area contributed by atoms with E-state index in [0.29, 0.717) is 5.82 Å². The van der Waals surface area contributed by atoms with Gasteiger partial charge in [-0.05, 0) is 6.07 Å². The molecular weight excluding hydrogens is 158 g/mol. The first-order valence-corrected chi connectivity index (χ1v) is 3.43. The van der Waals surface area contributed by atoms with Crippen LogP contribution in [0.3, 0.4) is 0 Å². The molecule has 0 aliphatic carbocycles. The standard InChI is InChI=1S/C6H11N5O.H2/c1-11(2)10-9-5-3-4-7-6(12)8-5;/h3-4,10H,1-2H3,(H2,7,8,9,12);1H. The van der Waals surface area contributed by atoms with E-state index < -0.39 is 0 Å². The predicted octanol–water partition coefficient (Wildman–Crippen LogP) is -0.591. The number of aromatic nitrogens is 2. The minimum Gasteiger partial charge on any atom is -0.293 e. The first kappa shape index (κ1) is 8.69. The van der Waals surface area contributed by atoms with Crippen molar-refractivity contribution in [3.05, 3.63) is 22.7 Å². The molecule has 0 saturated carbocycles. The second kappa shape index (κ2) is 3.84. The smallest absolute Gasteiger partial charge is 0.293 e. The lowest BCUT2D eigenvalue weighted by Gasteiger charge is -2.12. The Morgan fingerprint density at radius 3 is 3.00 bits per heavy atom. The Bertz CT molecular complexity index is 299. The van der Waals surface area contributed by atoms with E-state index in [2.05, 4.69) is 20.9 Å². The average Bonchev–Trinajstić information content (AvgIpc) is 2.01. The van der Waals surface area contributed by atoms with Crippen molar-refractivity contribution in [1.29, 1.82) is 0 Å². The number of nitrogens with one attached hydrogen (secondary N) is 3. The third-order valence-electron chi connectivity index (χ3n) is 1.09. The lowest BCUT2D eigenvalue weighted by Crippen LogP contribution is -2.36. The summed E-state index contributed by atoms with van der Waals surface area (Å²) in [4.78, 5) is 16.7. The molecule has 6 heteroatoms. The maximum atomic E-state index is 10.7. The normalized spacial score (nSPS) is 10.2. The Balaban J connectivity index is 0.00000144. The van der Waals surface area contributed by atoms with Gasteiger partial charge in [0, 0.05) is 21.7 Å². The van der Waals surface area contributed by atoms with Gasteiger partial charge in [-0.25, -0.2) is 14.8 Å². The predicted molar refractivity (Wildman–Crippen MR) is 47.4 cm³/mol. The molecule has 1 aromatic heterocycles. The van der Waals surface area contributed by atoms with Gasteiger partial charge in [0.25, 0.3) is 0 Å². The number of rotatable bonds is 3. The van der Waals surface area contributed by atoms with Gasteiger partial charge in [0.15, 0.2) is 0 Å². The Labute approximate surface area is 71.0 Å². The second-order valence-electron chi connectivity index (χ2n) is 2.42. The van der Waals surface area contributed by atoms with Crippen LogP contribution in [-0.4, -0.2) is 29.1 Å². The molecule has 0 fully saturated rings. The number of H-pyrrole nitrogens is 1. The van der Waals surface area contributed by atoms with Crippen LogP contribution in [-0.2, 0) is 0 Å². The van der Waals surface area contributed by atoms with Gasteiger partial charge < -0.3 is 0 Å². The number of aromatic amines is 1. The molecule has 1 aromatic rings. The highest BCUT2D eigenvalue weighted by Gasteiger charge is 1.91. The van der Waals surface area contributed by atoms with Gasteiger partial charge >= 0.3 is 5.69 Å². The van der Waals surface area contributed by atoms with Crippen molar-refractivity contribution in [2.45, 2.75) is 0 Å². The minimum atomic E-state index is -0.374. The molecule has 0 spiro atoms. The van der Waals surface area contributed by atoms with E-state index in [1.807, 2.05) is 14.1 Å². The number of anilines is 1. The van der Waals surface area contributed by atoms with Gasteiger partial charge in [0.05, 0.1) is 0 Å². The molecule has 6 nitrogen and oxygen atoms in total. The monoisotopic (exact) mass is 171 g/mol. The van der Waals surface area contributed by atoms with E-state index in [1.165, 1.54) is 6.20 Å². The zero-order valence-electron chi connectivity index (χ0n) is 6.96. The van der Waals surface area contributed by atoms with Gasteiger partial charge in [0.1, 0.15) is 5.82 Å². The molecule has 0 atom stereocenters. The molecule has 0 saturated heterocycles. The van der Waals surface area contributed by atoms with Gasteiger partial charge in [-0.3, -0.25) is 10.4 Å². The molecule has 68 valence electrons. The topological polar surface area (TPSA) is 73.0 Å². The second-order valence-corrected chi connectivity index (χ2v) is 2.42. The molecule has 0 aliphatic heterocycles. The summed E-state index contributed by atoms with van der Waals surface area (Å²) >= 11 is 0. The van der Waals surface area contributed by atoms with Crippen molar-refractivity contribution in [3.8, 4) is 0 Å². The molecular formula is C6H13N5O. The highest BCUT2D eigenvalue weighted by Crippen LogP contribution is 1.91. The fourth-order valence-electron chi connectivity index (χ4n) is 0.614. The van der Waals surface area contributed by atoms with Gasteiger partial charge in [-0.15, -0.1) is 0 Å². The molecule has 0 aromatic carbocycles. The van der Waals surface area contributed by atoms with Crippen LogP contribution in [0.2, 0.25) is 0 Å². The number of hydrazine groups is 2. The minimum absolute atomic E-state index is 0. The van der Waals surface area contributed by atoms with E-state index in [1.54, 1.807) is 11.1 Å². The highest BCUT2D eigenvalue weighted by atomic mass is 16.1. The first-order chi connectivity index (χ1) is 5.68. The Hall–Kier alpha value is -1.40. The Morgan fingerprint density at radius 2 is 2.42 bits per heavy atom. The van der Waals surface area contributed by atoms with E-state index >= 15 is 0 Å². The molecule has 0 radical (unpaired) electrons. The van der Waals surface area contributed by atoms with Gasteiger partial charge in [0.2, 0.25) is 0 Å². The summed E-state index contributed by atoms with van der Waals surface area (Å²) in [5.41, 5.74) is 5.17. The summed E-state index contributed by atoms with van der Waals surface area (Å²) in [6.07, 6.45) is 1.43. The van der Waals surface area contributed by atoms with Crippen molar-refractivity contribution >= 4 is 5.82 Å². The third kappa shape index (κ3) is 2.69. The molecule has 12 heavy (non-hydrogen) atoms. The third-order valence-corrected chi connectivity index (χ3v) is 1.09.